The van der Waals surface area contributed by atoms with Crippen molar-refractivity contribution in [3.05, 3.63) is 34.9 Å². The van der Waals surface area contributed by atoms with Crippen LogP contribution in [-0.4, -0.2) is 11.1 Å². The number of hydrogen-bond acceptors (Lipinski definition) is 1. The highest BCUT2D eigenvalue weighted by atomic mass is 16.4. The number of carboxylic acids is 1. The number of carbonyl (C=O) groups is 1. The predicted molar refractivity (Wildman–Crippen MR) is 61.5 cm³/mol. The SMILES string of the molecule is CCC(C)(C)c1ccc(C(=O)O)c(C)c1. The first kappa shape index (κ1) is 11.8. The molecular weight excluding hydrogens is 188 g/mol. The predicted octanol–water partition coefficient (Wildman–Crippen LogP) is 3.38. The topological polar surface area (TPSA) is 37.3 Å². The summed E-state index contributed by atoms with van der Waals surface area (Å²) in [5.41, 5.74) is 2.54. The van der Waals surface area contributed by atoms with E-state index in [1.807, 2.05) is 19.1 Å². The molecule has 1 aromatic carbocycles. The number of aromatic carboxylic acids is 1. The van der Waals surface area contributed by atoms with Crippen LogP contribution in [0.15, 0.2) is 18.2 Å². The van der Waals surface area contributed by atoms with E-state index in [-0.39, 0.29) is 5.41 Å². The average Bonchev–Trinajstić information content (AvgIpc) is 2.17. The third-order valence-electron chi connectivity index (χ3n) is 3.12. The fraction of sp³-hybridized carbons (Fsp3) is 0.462. The van der Waals surface area contributed by atoms with E-state index in [0.717, 1.165) is 12.0 Å². The zero-order valence-corrected chi connectivity index (χ0v) is 9.79. The van der Waals surface area contributed by atoms with E-state index in [2.05, 4.69) is 20.8 Å². The Hall–Kier alpha value is -1.31. The first-order valence-corrected chi connectivity index (χ1v) is 5.23. The van der Waals surface area contributed by atoms with Crippen molar-refractivity contribution >= 4 is 5.97 Å². The molecule has 0 radical (unpaired) electrons. The number of hydrogen-bond donors (Lipinski definition) is 1. The molecule has 0 saturated heterocycles. The van der Waals surface area contributed by atoms with Crippen molar-refractivity contribution in [3.8, 4) is 0 Å². The Kier molecular flexibility index (Phi) is 3.18. The Balaban J connectivity index is 3.18. The summed E-state index contributed by atoms with van der Waals surface area (Å²) >= 11 is 0. The van der Waals surface area contributed by atoms with Gasteiger partial charge < -0.3 is 5.11 Å². The van der Waals surface area contributed by atoms with Crippen LogP contribution in [0.25, 0.3) is 0 Å². The Morgan fingerprint density at radius 3 is 2.40 bits per heavy atom. The normalized spacial score (nSPS) is 11.5. The van der Waals surface area contributed by atoms with Gasteiger partial charge in [-0.2, -0.15) is 0 Å². The van der Waals surface area contributed by atoms with Gasteiger partial charge in [0.1, 0.15) is 0 Å². The van der Waals surface area contributed by atoms with Gasteiger partial charge in [0.15, 0.2) is 0 Å². The average molecular weight is 206 g/mol. The van der Waals surface area contributed by atoms with Gasteiger partial charge in [-0.15, -0.1) is 0 Å². The molecule has 0 aliphatic rings. The summed E-state index contributed by atoms with van der Waals surface area (Å²) in [4.78, 5) is 10.9. The second-order valence-corrected chi connectivity index (χ2v) is 4.57. The fourth-order valence-electron chi connectivity index (χ4n) is 1.53. The van der Waals surface area contributed by atoms with E-state index in [0.29, 0.717) is 5.56 Å². The van der Waals surface area contributed by atoms with E-state index in [1.165, 1.54) is 5.56 Å². The third kappa shape index (κ3) is 2.38. The van der Waals surface area contributed by atoms with Crippen molar-refractivity contribution < 1.29 is 9.90 Å². The molecule has 0 saturated carbocycles. The fourth-order valence-corrected chi connectivity index (χ4v) is 1.53. The lowest BCUT2D eigenvalue weighted by molar-refractivity contribution is 0.0696. The molecule has 0 atom stereocenters. The molecule has 1 rings (SSSR count). The monoisotopic (exact) mass is 206 g/mol. The van der Waals surface area contributed by atoms with Crippen molar-refractivity contribution in [1.82, 2.24) is 0 Å². The first-order valence-electron chi connectivity index (χ1n) is 5.23. The highest BCUT2D eigenvalue weighted by Crippen LogP contribution is 2.28. The van der Waals surface area contributed by atoms with E-state index in [9.17, 15) is 4.79 Å². The second-order valence-electron chi connectivity index (χ2n) is 4.57. The van der Waals surface area contributed by atoms with Crippen molar-refractivity contribution in [1.29, 1.82) is 0 Å². The van der Waals surface area contributed by atoms with Gasteiger partial charge in [0.2, 0.25) is 0 Å². The smallest absolute Gasteiger partial charge is 0.335 e. The molecule has 0 aromatic heterocycles. The molecule has 0 bridgehead atoms. The molecule has 1 aromatic rings. The minimum Gasteiger partial charge on any atom is -0.478 e. The van der Waals surface area contributed by atoms with Gasteiger partial charge in [-0.3, -0.25) is 0 Å². The zero-order valence-electron chi connectivity index (χ0n) is 9.79. The molecule has 2 heteroatoms. The Bertz CT molecular complexity index is 378. The van der Waals surface area contributed by atoms with Crippen LogP contribution in [0.1, 0.15) is 48.7 Å². The Morgan fingerprint density at radius 2 is 2.00 bits per heavy atom. The first-order chi connectivity index (χ1) is 6.88. The van der Waals surface area contributed by atoms with Crippen molar-refractivity contribution in [2.24, 2.45) is 0 Å². The van der Waals surface area contributed by atoms with Gasteiger partial charge in [0.05, 0.1) is 5.56 Å². The third-order valence-corrected chi connectivity index (χ3v) is 3.12. The van der Waals surface area contributed by atoms with Gasteiger partial charge in [-0.05, 0) is 36.0 Å². The van der Waals surface area contributed by atoms with Crippen LogP contribution in [0.5, 0.6) is 0 Å². The summed E-state index contributed by atoms with van der Waals surface area (Å²) < 4.78 is 0. The van der Waals surface area contributed by atoms with Crippen LogP contribution in [-0.2, 0) is 5.41 Å². The molecule has 0 unspecified atom stereocenters. The van der Waals surface area contributed by atoms with Crippen LogP contribution >= 0.6 is 0 Å². The number of carboxylic acid groups (broad SMARTS) is 1. The Labute approximate surface area is 90.9 Å². The van der Waals surface area contributed by atoms with E-state index >= 15 is 0 Å². The zero-order chi connectivity index (χ0) is 11.6. The standard InChI is InChI=1S/C13H18O2/c1-5-13(3,4)10-6-7-11(12(14)15)9(2)8-10/h6-8H,5H2,1-4H3,(H,14,15). The lowest BCUT2D eigenvalue weighted by atomic mass is 9.81. The van der Waals surface area contributed by atoms with Crippen molar-refractivity contribution in [2.75, 3.05) is 0 Å². The van der Waals surface area contributed by atoms with E-state index in [1.54, 1.807) is 6.07 Å². The maximum atomic E-state index is 10.9. The summed E-state index contributed by atoms with van der Waals surface area (Å²) in [7, 11) is 0. The van der Waals surface area contributed by atoms with Gasteiger partial charge in [0.25, 0.3) is 0 Å². The number of rotatable bonds is 3. The highest BCUT2D eigenvalue weighted by Gasteiger charge is 2.19. The van der Waals surface area contributed by atoms with E-state index in [4.69, 9.17) is 5.11 Å². The Morgan fingerprint density at radius 1 is 1.40 bits per heavy atom. The maximum absolute atomic E-state index is 10.9. The molecule has 0 aliphatic heterocycles. The molecule has 0 heterocycles. The van der Waals surface area contributed by atoms with Crippen LogP contribution in [0, 0.1) is 6.92 Å². The molecule has 0 amide bonds. The van der Waals surface area contributed by atoms with Gasteiger partial charge in [-0.25, -0.2) is 4.79 Å². The van der Waals surface area contributed by atoms with Crippen LogP contribution in [0.2, 0.25) is 0 Å². The lowest BCUT2D eigenvalue weighted by Gasteiger charge is -2.24. The minimum absolute atomic E-state index is 0.113. The molecule has 2 nitrogen and oxygen atoms in total. The summed E-state index contributed by atoms with van der Waals surface area (Å²) in [5.74, 6) is -0.853. The summed E-state index contributed by atoms with van der Waals surface area (Å²) in [6.07, 6.45) is 1.04. The number of benzene rings is 1. The van der Waals surface area contributed by atoms with Crippen LogP contribution in [0.3, 0.4) is 0 Å². The maximum Gasteiger partial charge on any atom is 0.335 e. The van der Waals surface area contributed by atoms with Crippen LogP contribution in [0.4, 0.5) is 0 Å². The molecule has 1 N–H and O–H groups in total. The molecule has 15 heavy (non-hydrogen) atoms. The van der Waals surface area contributed by atoms with E-state index < -0.39 is 5.97 Å². The van der Waals surface area contributed by atoms with Gasteiger partial charge >= 0.3 is 5.97 Å². The molecular formula is C13H18O2. The second kappa shape index (κ2) is 4.05. The van der Waals surface area contributed by atoms with Crippen molar-refractivity contribution in [2.45, 2.75) is 39.5 Å². The molecule has 0 aliphatic carbocycles. The highest BCUT2D eigenvalue weighted by molar-refractivity contribution is 5.89. The molecule has 82 valence electrons. The van der Waals surface area contributed by atoms with Crippen LogP contribution < -0.4 is 0 Å². The van der Waals surface area contributed by atoms with Crippen molar-refractivity contribution in [3.63, 3.8) is 0 Å². The van der Waals surface area contributed by atoms with Gasteiger partial charge in [-0.1, -0.05) is 32.9 Å². The minimum atomic E-state index is -0.853. The quantitative estimate of drug-likeness (QED) is 0.823. The lowest BCUT2D eigenvalue weighted by Crippen LogP contribution is -2.16. The number of aryl methyl sites for hydroxylation is 1. The molecule has 0 spiro atoms. The summed E-state index contributed by atoms with van der Waals surface area (Å²) in [6, 6.07) is 5.59. The summed E-state index contributed by atoms with van der Waals surface area (Å²) in [5, 5.41) is 8.92. The summed E-state index contributed by atoms with van der Waals surface area (Å²) in [6.45, 7) is 8.32. The molecule has 0 fully saturated rings. The van der Waals surface area contributed by atoms with Gasteiger partial charge in [0, 0.05) is 0 Å². The largest absolute Gasteiger partial charge is 0.478 e.